The number of ether oxygens (including phenoxy) is 3. The first-order chi connectivity index (χ1) is 27.1. The molecule has 15 heteroatoms. The fraction of sp³-hybridized carbons (Fsp3) is 0.390. The van der Waals surface area contributed by atoms with Gasteiger partial charge in [-0.25, -0.2) is 0 Å². The van der Waals surface area contributed by atoms with E-state index in [4.69, 9.17) is 9.47 Å². The van der Waals surface area contributed by atoms with E-state index in [0.29, 0.717) is 49.7 Å². The number of piperidine rings is 1. The van der Waals surface area contributed by atoms with E-state index in [9.17, 15) is 28.0 Å². The number of benzene rings is 2. The lowest BCUT2D eigenvalue weighted by Gasteiger charge is -2.29. The third-order valence-corrected chi connectivity index (χ3v) is 10.8. The van der Waals surface area contributed by atoms with Crippen LogP contribution in [0.15, 0.2) is 60.2 Å². The third kappa shape index (κ3) is 10.3. The highest BCUT2D eigenvalue weighted by atomic mass is 32.1. The van der Waals surface area contributed by atoms with E-state index in [-0.39, 0.29) is 35.3 Å². The summed E-state index contributed by atoms with van der Waals surface area (Å²) in [4.78, 5) is 56.4. The summed E-state index contributed by atoms with van der Waals surface area (Å²) in [6.45, 7) is 3.16. The number of amides is 4. The van der Waals surface area contributed by atoms with Crippen LogP contribution in [0.1, 0.15) is 92.8 Å². The van der Waals surface area contributed by atoms with Crippen LogP contribution in [-0.2, 0) is 29.3 Å². The Labute approximate surface area is 327 Å². The van der Waals surface area contributed by atoms with Crippen molar-refractivity contribution in [3.63, 3.8) is 0 Å². The number of imide groups is 1. The number of carbonyl (C=O) groups excluding carboxylic acids is 4. The van der Waals surface area contributed by atoms with Crippen molar-refractivity contribution in [2.24, 2.45) is 0 Å². The van der Waals surface area contributed by atoms with Crippen molar-refractivity contribution in [3.8, 4) is 17.2 Å². The molecular formula is C41H45F2N5O7S. The minimum Gasteiger partial charge on any atom is -0.490 e. The Morgan fingerprint density at radius 3 is 2.48 bits per heavy atom. The molecule has 4 aromatic rings. The maximum atomic E-state index is 13.1. The molecule has 4 heterocycles. The normalized spacial score (nSPS) is 15.2. The van der Waals surface area contributed by atoms with Gasteiger partial charge in [-0.3, -0.25) is 29.5 Å². The fourth-order valence-corrected chi connectivity index (χ4v) is 7.66. The topological polar surface area (TPSA) is 148 Å². The Balaban J connectivity index is 0.857. The number of anilines is 1. The molecule has 56 heavy (non-hydrogen) atoms. The van der Waals surface area contributed by atoms with Crippen LogP contribution in [0.25, 0.3) is 0 Å². The average Bonchev–Trinajstić information content (AvgIpc) is 3.72. The monoisotopic (exact) mass is 789 g/mol. The fourth-order valence-electron chi connectivity index (χ4n) is 6.71. The zero-order valence-electron chi connectivity index (χ0n) is 31.3. The summed E-state index contributed by atoms with van der Waals surface area (Å²) >= 11 is 1.47. The molecule has 4 amide bonds. The van der Waals surface area contributed by atoms with Gasteiger partial charge in [0.15, 0.2) is 11.5 Å². The SMILES string of the molecule is Cc1cncc(C)c1NC(=O)c1ccc(OC(F)F)c(OCCCCCCCNCc2ccc(OCc3scc4c3CN(C3CCC(=O)NC3=O)C4=O)cc2)c1. The Morgan fingerprint density at radius 2 is 1.73 bits per heavy atom. The second-order valence-corrected chi connectivity index (χ2v) is 14.8. The maximum absolute atomic E-state index is 13.1. The van der Waals surface area contributed by atoms with Crippen LogP contribution in [-0.4, -0.2) is 59.3 Å². The van der Waals surface area contributed by atoms with Crippen molar-refractivity contribution in [2.45, 2.75) is 91.1 Å². The van der Waals surface area contributed by atoms with Gasteiger partial charge in [0.25, 0.3) is 11.8 Å². The molecule has 6 rings (SSSR count). The summed E-state index contributed by atoms with van der Waals surface area (Å²) in [6, 6.07) is 11.4. The zero-order chi connectivity index (χ0) is 39.6. The first kappa shape index (κ1) is 40.3. The first-order valence-electron chi connectivity index (χ1n) is 18.7. The Bertz CT molecular complexity index is 2020. The van der Waals surface area contributed by atoms with E-state index < -0.39 is 24.5 Å². The van der Waals surface area contributed by atoms with Crippen molar-refractivity contribution in [2.75, 3.05) is 18.5 Å². The van der Waals surface area contributed by atoms with E-state index in [1.807, 2.05) is 43.5 Å². The lowest BCUT2D eigenvalue weighted by atomic mass is 10.0. The zero-order valence-corrected chi connectivity index (χ0v) is 32.1. The van der Waals surface area contributed by atoms with Crippen molar-refractivity contribution in [3.05, 3.63) is 98.5 Å². The molecule has 1 saturated heterocycles. The van der Waals surface area contributed by atoms with Crippen LogP contribution in [0.4, 0.5) is 14.5 Å². The smallest absolute Gasteiger partial charge is 0.387 e. The van der Waals surface area contributed by atoms with Crippen LogP contribution in [0, 0.1) is 13.8 Å². The summed E-state index contributed by atoms with van der Waals surface area (Å²) in [5, 5.41) is 10.5. The van der Waals surface area contributed by atoms with Gasteiger partial charge in [-0.2, -0.15) is 8.78 Å². The van der Waals surface area contributed by atoms with Crippen LogP contribution >= 0.6 is 11.3 Å². The second-order valence-electron chi connectivity index (χ2n) is 13.8. The van der Waals surface area contributed by atoms with Crippen LogP contribution in [0.3, 0.4) is 0 Å². The molecule has 12 nitrogen and oxygen atoms in total. The van der Waals surface area contributed by atoms with Gasteiger partial charge < -0.3 is 29.7 Å². The van der Waals surface area contributed by atoms with Gasteiger partial charge in [-0.05, 0) is 86.7 Å². The minimum atomic E-state index is -3.02. The number of fused-ring (bicyclic) bond motifs is 1. The molecule has 296 valence electrons. The van der Waals surface area contributed by atoms with Crippen LogP contribution in [0.5, 0.6) is 17.2 Å². The van der Waals surface area contributed by atoms with Crippen molar-refractivity contribution < 1.29 is 42.2 Å². The number of carbonyl (C=O) groups is 4. The van der Waals surface area contributed by atoms with Crippen molar-refractivity contribution >= 4 is 40.7 Å². The molecule has 0 radical (unpaired) electrons. The molecule has 2 aromatic carbocycles. The highest BCUT2D eigenvalue weighted by molar-refractivity contribution is 7.10. The number of nitrogens with one attached hydrogen (secondary N) is 3. The number of unbranched alkanes of at least 4 members (excludes halogenated alkanes) is 4. The summed E-state index contributed by atoms with van der Waals surface area (Å²) < 4.78 is 42.6. The van der Waals surface area contributed by atoms with E-state index in [1.165, 1.54) is 29.5 Å². The number of rotatable bonds is 19. The number of alkyl halides is 2. The number of aryl methyl sites for hydroxylation is 2. The number of hydrogen-bond donors (Lipinski definition) is 3. The van der Waals surface area contributed by atoms with Crippen molar-refractivity contribution in [1.82, 2.24) is 20.5 Å². The summed E-state index contributed by atoms with van der Waals surface area (Å²) in [6.07, 6.45) is 8.48. The van der Waals surface area contributed by atoms with Gasteiger partial charge in [0, 0.05) is 59.0 Å². The standard InChI is InChI=1S/C41H45F2N5O7S/c1-25-19-45-20-26(2)37(25)47-38(50)28-10-14-33(55-41(42)43)34(18-28)53-17-7-5-3-4-6-16-44-21-27-8-11-29(12-9-27)54-23-35-30-22-48(40(52)31(30)24-56-35)32-13-15-36(49)46-39(32)51/h8-12,14,18-20,24,32,41,44H,3-7,13,15-17,21-23H2,1-2H3,(H,45,47,50)(H,46,49,51). The van der Waals surface area contributed by atoms with Gasteiger partial charge >= 0.3 is 6.61 Å². The molecule has 2 aliphatic rings. The van der Waals surface area contributed by atoms with E-state index >= 15 is 0 Å². The minimum absolute atomic E-state index is 0.0911. The molecule has 0 bridgehead atoms. The van der Waals surface area contributed by atoms with Crippen LogP contribution in [0.2, 0.25) is 0 Å². The number of nitrogens with zero attached hydrogens (tertiary/aromatic N) is 2. The third-order valence-electron chi connectivity index (χ3n) is 9.75. The van der Waals surface area contributed by atoms with Gasteiger partial charge in [0.2, 0.25) is 11.8 Å². The van der Waals surface area contributed by atoms with E-state index in [1.54, 1.807) is 17.3 Å². The Hall–Kier alpha value is -5.41. The van der Waals surface area contributed by atoms with Gasteiger partial charge in [0.1, 0.15) is 18.4 Å². The number of pyridine rings is 1. The summed E-state index contributed by atoms with van der Waals surface area (Å²) in [5.74, 6) is -0.627. The van der Waals surface area contributed by atoms with Crippen molar-refractivity contribution in [1.29, 1.82) is 0 Å². The average molecular weight is 790 g/mol. The molecule has 2 aliphatic heterocycles. The van der Waals surface area contributed by atoms with Crippen LogP contribution < -0.4 is 30.2 Å². The predicted molar refractivity (Wildman–Crippen MR) is 206 cm³/mol. The predicted octanol–water partition coefficient (Wildman–Crippen LogP) is 7.07. The quantitative estimate of drug-likeness (QED) is 0.0670. The van der Waals surface area contributed by atoms with E-state index in [2.05, 4.69) is 25.7 Å². The van der Waals surface area contributed by atoms with E-state index in [0.717, 1.165) is 65.8 Å². The largest absolute Gasteiger partial charge is 0.490 e. The summed E-state index contributed by atoms with van der Waals surface area (Å²) in [5.41, 5.74) is 5.12. The maximum Gasteiger partial charge on any atom is 0.387 e. The number of hydrogen-bond acceptors (Lipinski definition) is 10. The van der Waals surface area contributed by atoms with Gasteiger partial charge in [-0.15, -0.1) is 11.3 Å². The molecule has 1 unspecified atom stereocenters. The Morgan fingerprint density at radius 1 is 0.982 bits per heavy atom. The lowest BCUT2D eigenvalue weighted by molar-refractivity contribution is -0.136. The molecule has 1 atom stereocenters. The molecule has 3 N–H and O–H groups in total. The molecule has 2 aromatic heterocycles. The van der Waals surface area contributed by atoms with Gasteiger partial charge in [-0.1, -0.05) is 31.4 Å². The lowest BCUT2D eigenvalue weighted by Crippen LogP contribution is -2.52. The second kappa shape index (κ2) is 19.0. The highest BCUT2D eigenvalue weighted by Crippen LogP contribution is 2.35. The molecule has 0 aliphatic carbocycles. The number of aromatic nitrogens is 1. The molecule has 0 saturated carbocycles. The molecular weight excluding hydrogens is 745 g/mol. The van der Waals surface area contributed by atoms with Gasteiger partial charge in [0.05, 0.1) is 12.2 Å². The highest BCUT2D eigenvalue weighted by Gasteiger charge is 2.40. The number of thiophene rings is 1. The summed E-state index contributed by atoms with van der Waals surface area (Å²) in [7, 11) is 0. The molecule has 1 fully saturated rings. The Kier molecular flexibility index (Phi) is 13.6. The first-order valence-corrected chi connectivity index (χ1v) is 19.6. The molecule has 0 spiro atoms. The number of halogens is 2.